The fraction of sp³-hybridized carbons (Fsp3) is 0.0435. The van der Waals surface area contributed by atoms with Gasteiger partial charge >= 0.3 is 0 Å². The minimum absolute atomic E-state index is 0.191. The van der Waals surface area contributed by atoms with Crippen LogP contribution in [0.3, 0.4) is 0 Å². The number of rotatable bonds is 4. The lowest BCUT2D eigenvalue weighted by Crippen LogP contribution is -2.29. The average molecular weight is 396 g/mol. The molecule has 1 aromatic heterocycles. The number of carbonyl (C=O) groups excluding carboxylic acids is 3. The Hall–Kier alpha value is -4.26. The van der Waals surface area contributed by atoms with Crippen molar-refractivity contribution in [1.29, 1.82) is 0 Å². The van der Waals surface area contributed by atoms with Crippen LogP contribution in [-0.2, 0) is 6.54 Å². The van der Waals surface area contributed by atoms with Crippen molar-refractivity contribution in [3.8, 4) is 0 Å². The highest BCUT2D eigenvalue weighted by Gasteiger charge is 2.36. The van der Waals surface area contributed by atoms with Crippen LogP contribution < -0.4 is 5.32 Å². The first-order valence-corrected chi connectivity index (χ1v) is 9.39. The third-order valence-electron chi connectivity index (χ3n) is 5.14. The summed E-state index contributed by atoms with van der Waals surface area (Å²) in [4.78, 5) is 39.5. The van der Waals surface area contributed by atoms with Crippen LogP contribution in [0.1, 0.15) is 36.6 Å². The third-order valence-corrected chi connectivity index (χ3v) is 5.14. The number of benzene rings is 3. The van der Waals surface area contributed by atoms with E-state index >= 15 is 0 Å². The molecule has 3 aromatic carbocycles. The molecule has 0 unspecified atom stereocenters. The minimum Gasteiger partial charge on any atom is -0.320 e. The van der Waals surface area contributed by atoms with E-state index in [1.807, 2.05) is 42.5 Å². The van der Waals surface area contributed by atoms with Gasteiger partial charge in [0.05, 0.1) is 35.1 Å². The Morgan fingerprint density at radius 1 is 0.933 bits per heavy atom. The molecule has 7 nitrogen and oxygen atoms in total. The minimum atomic E-state index is -0.399. The van der Waals surface area contributed by atoms with Crippen LogP contribution in [0.25, 0.3) is 10.9 Å². The monoisotopic (exact) mass is 396 g/mol. The fourth-order valence-corrected chi connectivity index (χ4v) is 3.61. The molecule has 1 aliphatic rings. The molecule has 4 aromatic rings. The summed E-state index contributed by atoms with van der Waals surface area (Å²) in [6, 6.07) is 19.3. The SMILES string of the molecule is O=C(Nc1cccc2cn[nH]c12)c1ccc2c(c1)C(=O)N(Cc1ccccc1)C2=O. The Bertz CT molecular complexity index is 1310. The van der Waals surface area contributed by atoms with E-state index in [1.165, 1.54) is 17.0 Å². The molecule has 2 N–H and O–H groups in total. The number of hydrogen-bond donors (Lipinski definition) is 2. The van der Waals surface area contributed by atoms with Gasteiger partial charge in [0.1, 0.15) is 0 Å². The van der Waals surface area contributed by atoms with Crippen molar-refractivity contribution < 1.29 is 14.4 Å². The molecule has 146 valence electrons. The van der Waals surface area contributed by atoms with Gasteiger partial charge in [0, 0.05) is 10.9 Å². The Labute approximate surface area is 171 Å². The van der Waals surface area contributed by atoms with Crippen LogP contribution in [-0.4, -0.2) is 32.8 Å². The number of imide groups is 1. The summed E-state index contributed by atoms with van der Waals surface area (Å²) < 4.78 is 0. The number of nitrogens with zero attached hydrogens (tertiary/aromatic N) is 2. The van der Waals surface area contributed by atoms with Crippen LogP contribution in [0.2, 0.25) is 0 Å². The first kappa shape index (κ1) is 17.8. The lowest BCUT2D eigenvalue weighted by molar-refractivity contribution is 0.0642. The topological polar surface area (TPSA) is 95.2 Å². The van der Waals surface area contributed by atoms with E-state index in [0.29, 0.717) is 22.3 Å². The second-order valence-electron chi connectivity index (χ2n) is 7.04. The van der Waals surface area contributed by atoms with Crippen LogP contribution in [0, 0.1) is 0 Å². The van der Waals surface area contributed by atoms with Crippen molar-refractivity contribution in [2.75, 3.05) is 5.32 Å². The second kappa shape index (κ2) is 6.97. The van der Waals surface area contributed by atoms with Gasteiger partial charge in [-0.15, -0.1) is 0 Å². The predicted octanol–water partition coefficient (Wildman–Crippen LogP) is 3.61. The lowest BCUT2D eigenvalue weighted by atomic mass is 10.1. The van der Waals surface area contributed by atoms with Gasteiger partial charge in [0.2, 0.25) is 0 Å². The Morgan fingerprint density at radius 3 is 2.57 bits per heavy atom. The van der Waals surface area contributed by atoms with E-state index in [2.05, 4.69) is 15.5 Å². The number of carbonyl (C=O) groups is 3. The number of para-hydroxylation sites is 1. The van der Waals surface area contributed by atoms with E-state index < -0.39 is 5.91 Å². The van der Waals surface area contributed by atoms with Crippen LogP contribution in [0.5, 0.6) is 0 Å². The first-order valence-electron chi connectivity index (χ1n) is 9.39. The smallest absolute Gasteiger partial charge is 0.261 e. The van der Waals surface area contributed by atoms with Crippen LogP contribution in [0.15, 0.2) is 72.9 Å². The predicted molar refractivity (Wildman–Crippen MR) is 111 cm³/mol. The van der Waals surface area contributed by atoms with Gasteiger partial charge in [-0.05, 0) is 29.8 Å². The molecular formula is C23H16N4O3. The number of H-pyrrole nitrogens is 1. The average Bonchev–Trinajstić information content (AvgIpc) is 3.34. The number of aromatic nitrogens is 2. The number of nitrogens with one attached hydrogen (secondary N) is 2. The van der Waals surface area contributed by atoms with E-state index in [9.17, 15) is 14.4 Å². The zero-order valence-electron chi connectivity index (χ0n) is 15.8. The molecular weight excluding hydrogens is 380 g/mol. The molecule has 30 heavy (non-hydrogen) atoms. The van der Waals surface area contributed by atoms with E-state index in [1.54, 1.807) is 18.3 Å². The van der Waals surface area contributed by atoms with Gasteiger partial charge in [-0.1, -0.05) is 42.5 Å². The lowest BCUT2D eigenvalue weighted by Gasteiger charge is -2.13. The van der Waals surface area contributed by atoms with Crippen molar-refractivity contribution in [2.24, 2.45) is 0 Å². The van der Waals surface area contributed by atoms with Gasteiger partial charge in [-0.2, -0.15) is 5.10 Å². The molecule has 2 heterocycles. The summed E-state index contributed by atoms with van der Waals surface area (Å²) in [5.41, 5.74) is 3.01. The molecule has 0 atom stereocenters. The molecule has 0 saturated heterocycles. The molecule has 0 fully saturated rings. The quantitative estimate of drug-likeness (QED) is 0.515. The Kier molecular flexibility index (Phi) is 4.14. The fourth-order valence-electron chi connectivity index (χ4n) is 3.61. The van der Waals surface area contributed by atoms with Gasteiger partial charge in [-0.25, -0.2) is 0 Å². The molecule has 0 saturated carbocycles. The number of fused-ring (bicyclic) bond motifs is 2. The summed E-state index contributed by atoms with van der Waals surface area (Å²) in [5.74, 6) is -1.13. The molecule has 0 bridgehead atoms. The van der Waals surface area contributed by atoms with Gasteiger partial charge in [0.25, 0.3) is 17.7 Å². The molecule has 1 aliphatic heterocycles. The molecule has 3 amide bonds. The van der Waals surface area contributed by atoms with Crippen molar-refractivity contribution in [2.45, 2.75) is 6.54 Å². The van der Waals surface area contributed by atoms with Crippen LogP contribution in [0.4, 0.5) is 5.69 Å². The zero-order chi connectivity index (χ0) is 20.7. The number of anilines is 1. The number of aromatic amines is 1. The van der Waals surface area contributed by atoms with Crippen molar-refractivity contribution in [1.82, 2.24) is 15.1 Å². The summed E-state index contributed by atoms with van der Waals surface area (Å²) in [7, 11) is 0. The normalized spacial score (nSPS) is 13.0. The van der Waals surface area contributed by atoms with Crippen LogP contribution >= 0.6 is 0 Å². The van der Waals surface area contributed by atoms with E-state index in [4.69, 9.17) is 0 Å². The van der Waals surface area contributed by atoms with E-state index in [0.717, 1.165) is 10.9 Å². The maximum absolute atomic E-state index is 12.8. The molecule has 0 spiro atoms. The number of amides is 3. The first-order chi connectivity index (χ1) is 14.6. The maximum atomic E-state index is 12.8. The maximum Gasteiger partial charge on any atom is 0.261 e. The molecule has 5 rings (SSSR count). The summed E-state index contributed by atoms with van der Waals surface area (Å²) in [6.07, 6.45) is 1.67. The summed E-state index contributed by atoms with van der Waals surface area (Å²) in [6.45, 7) is 0.191. The highest BCUT2D eigenvalue weighted by molar-refractivity contribution is 6.22. The zero-order valence-corrected chi connectivity index (χ0v) is 15.8. The number of hydrogen-bond acceptors (Lipinski definition) is 4. The van der Waals surface area contributed by atoms with Crippen molar-refractivity contribution in [3.05, 3.63) is 95.2 Å². The Morgan fingerprint density at radius 2 is 1.73 bits per heavy atom. The highest BCUT2D eigenvalue weighted by atomic mass is 16.2. The van der Waals surface area contributed by atoms with Gasteiger partial charge in [0.15, 0.2) is 0 Å². The summed E-state index contributed by atoms with van der Waals surface area (Å²) in [5, 5.41) is 10.6. The van der Waals surface area contributed by atoms with Crippen molar-refractivity contribution >= 4 is 34.3 Å². The Balaban J connectivity index is 1.41. The standard InChI is InChI=1S/C23H16N4O3/c28-21(25-19-8-4-7-16-12-24-26-20(16)19)15-9-10-17-18(11-15)23(30)27(22(17)29)13-14-5-2-1-3-6-14/h1-12H,13H2,(H,24,26)(H,25,28). The summed E-state index contributed by atoms with van der Waals surface area (Å²) >= 11 is 0. The highest BCUT2D eigenvalue weighted by Crippen LogP contribution is 2.27. The van der Waals surface area contributed by atoms with Gasteiger partial charge < -0.3 is 5.32 Å². The third kappa shape index (κ3) is 2.93. The van der Waals surface area contributed by atoms with E-state index in [-0.39, 0.29) is 23.9 Å². The van der Waals surface area contributed by atoms with Gasteiger partial charge in [-0.3, -0.25) is 24.4 Å². The molecule has 0 radical (unpaired) electrons. The van der Waals surface area contributed by atoms with Crippen molar-refractivity contribution in [3.63, 3.8) is 0 Å². The second-order valence-corrected chi connectivity index (χ2v) is 7.04. The molecule has 7 heteroatoms. The largest absolute Gasteiger partial charge is 0.320 e. The molecule has 0 aliphatic carbocycles.